The van der Waals surface area contributed by atoms with E-state index in [-0.39, 0.29) is 45.3 Å². The number of rotatable bonds is 5. The van der Waals surface area contributed by atoms with E-state index in [4.69, 9.17) is 39.5 Å². The molecule has 1 fully saturated rings. The number of hydrogen-bond acceptors (Lipinski definition) is 4. The molecule has 1 heterocycles. The molecule has 0 N–H and O–H groups in total. The van der Waals surface area contributed by atoms with Crippen molar-refractivity contribution in [3.8, 4) is 5.75 Å². The monoisotopic (exact) mass is 461 g/mol. The fourth-order valence-corrected chi connectivity index (χ4v) is 5.81. The number of carbonyl (C=O) groups is 1. The number of methoxy groups -OCH3 is 1. The van der Waals surface area contributed by atoms with Crippen molar-refractivity contribution in [1.29, 1.82) is 0 Å². The first kappa shape index (κ1) is 21.2. The summed E-state index contributed by atoms with van der Waals surface area (Å²) in [5, 5.41) is 0.914. The lowest BCUT2D eigenvalue weighted by atomic mass is 10.1. The van der Waals surface area contributed by atoms with Crippen LogP contribution in [-0.4, -0.2) is 43.9 Å². The second-order valence-electron chi connectivity index (χ2n) is 6.55. The van der Waals surface area contributed by atoms with E-state index in [1.54, 1.807) is 18.2 Å². The van der Waals surface area contributed by atoms with Gasteiger partial charge in [0.15, 0.2) is 15.6 Å². The molecule has 1 unspecified atom stereocenters. The fraction of sp³-hybridized carbons (Fsp3) is 0.316. The van der Waals surface area contributed by atoms with Crippen LogP contribution in [0.1, 0.15) is 22.3 Å². The van der Waals surface area contributed by atoms with Crippen molar-refractivity contribution >= 4 is 50.5 Å². The number of benzene rings is 2. The Hall–Kier alpha value is -1.47. The lowest BCUT2D eigenvalue weighted by Gasteiger charge is -2.29. The third-order valence-electron chi connectivity index (χ3n) is 4.66. The zero-order chi connectivity index (χ0) is 20.5. The molecular weight excluding hydrogens is 445 g/mol. The van der Waals surface area contributed by atoms with Gasteiger partial charge in [-0.1, -0.05) is 53.0 Å². The lowest BCUT2D eigenvalue weighted by molar-refractivity contribution is 0.0681. The van der Waals surface area contributed by atoms with Gasteiger partial charge in [-0.2, -0.15) is 0 Å². The number of nitrogens with zero attached hydrogens (tertiary/aromatic N) is 1. The maximum Gasteiger partial charge on any atom is 0.254 e. The number of ether oxygens (including phenoxy) is 1. The van der Waals surface area contributed by atoms with Crippen molar-refractivity contribution in [2.24, 2.45) is 0 Å². The van der Waals surface area contributed by atoms with Gasteiger partial charge in [0.2, 0.25) is 0 Å². The molecule has 1 saturated heterocycles. The van der Waals surface area contributed by atoms with Crippen LogP contribution in [0.15, 0.2) is 36.4 Å². The average molecular weight is 463 g/mol. The van der Waals surface area contributed by atoms with Gasteiger partial charge in [0, 0.05) is 23.2 Å². The molecule has 28 heavy (non-hydrogen) atoms. The molecule has 0 saturated carbocycles. The highest BCUT2D eigenvalue weighted by Crippen LogP contribution is 2.35. The third kappa shape index (κ3) is 4.57. The topological polar surface area (TPSA) is 63.7 Å². The molecule has 150 valence electrons. The minimum absolute atomic E-state index is 0.0497. The normalized spacial score (nSPS) is 18.1. The molecule has 0 aliphatic carbocycles. The van der Waals surface area contributed by atoms with Gasteiger partial charge in [0.25, 0.3) is 5.91 Å². The van der Waals surface area contributed by atoms with Crippen LogP contribution in [0.4, 0.5) is 0 Å². The van der Waals surface area contributed by atoms with Crippen LogP contribution < -0.4 is 4.74 Å². The minimum atomic E-state index is -3.18. The number of hydrogen-bond donors (Lipinski definition) is 0. The van der Waals surface area contributed by atoms with Gasteiger partial charge < -0.3 is 9.64 Å². The summed E-state index contributed by atoms with van der Waals surface area (Å²) in [6.07, 6.45) is 0.371. The Kier molecular flexibility index (Phi) is 6.44. The van der Waals surface area contributed by atoms with Crippen molar-refractivity contribution in [2.75, 3.05) is 18.6 Å². The molecule has 9 heteroatoms. The Morgan fingerprint density at radius 2 is 1.79 bits per heavy atom. The predicted molar refractivity (Wildman–Crippen MR) is 111 cm³/mol. The van der Waals surface area contributed by atoms with E-state index in [1.165, 1.54) is 24.1 Å². The molecule has 0 bridgehead atoms. The van der Waals surface area contributed by atoms with Gasteiger partial charge in [0.1, 0.15) is 0 Å². The standard InChI is InChI=1S/C19H18Cl3NO4S/c1-27-18-16(21)8-13(9-17(18)22)19(24)23(14-6-7-28(25,26)11-14)10-12-4-2-3-5-15(12)20/h2-5,8-9,14H,6-7,10-11H2,1H3. The zero-order valence-corrected chi connectivity index (χ0v) is 18.1. The molecule has 0 spiro atoms. The Morgan fingerprint density at radius 1 is 1.14 bits per heavy atom. The lowest BCUT2D eigenvalue weighted by Crippen LogP contribution is -2.40. The maximum atomic E-state index is 13.3. The number of sulfone groups is 1. The van der Waals surface area contributed by atoms with Gasteiger partial charge in [-0.3, -0.25) is 4.79 Å². The molecule has 2 aromatic carbocycles. The average Bonchev–Trinajstić information content (AvgIpc) is 2.99. The summed E-state index contributed by atoms with van der Waals surface area (Å²) in [5.74, 6) is -0.121. The fourth-order valence-electron chi connectivity index (χ4n) is 3.24. The highest BCUT2D eigenvalue weighted by Gasteiger charge is 2.35. The van der Waals surface area contributed by atoms with Crippen LogP contribution in [0, 0.1) is 0 Å². The van der Waals surface area contributed by atoms with Crippen molar-refractivity contribution < 1.29 is 17.9 Å². The smallest absolute Gasteiger partial charge is 0.254 e. The highest BCUT2D eigenvalue weighted by molar-refractivity contribution is 7.91. The summed E-state index contributed by atoms with van der Waals surface area (Å²) in [6.45, 7) is 0.181. The zero-order valence-electron chi connectivity index (χ0n) is 15.0. The first-order chi connectivity index (χ1) is 13.2. The maximum absolute atomic E-state index is 13.3. The van der Waals surface area contributed by atoms with Gasteiger partial charge >= 0.3 is 0 Å². The van der Waals surface area contributed by atoms with Crippen molar-refractivity contribution in [2.45, 2.75) is 19.0 Å². The van der Waals surface area contributed by atoms with Gasteiger partial charge in [-0.15, -0.1) is 0 Å². The highest BCUT2D eigenvalue weighted by atomic mass is 35.5. The van der Waals surface area contributed by atoms with E-state index in [2.05, 4.69) is 0 Å². The number of amides is 1. The molecule has 2 aromatic rings. The van der Waals surface area contributed by atoms with E-state index in [0.717, 1.165) is 5.56 Å². The van der Waals surface area contributed by atoms with Crippen molar-refractivity contribution in [3.63, 3.8) is 0 Å². The largest absolute Gasteiger partial charge is 0.494 e. The summed E-state index contributed by atoms with van der Waals surface area (Å²) in [6, 6.07) is 9.63. The van der Waals surface area contributed by atoms with Crippen LogP contribution in [0.3, 0.4) is 0 Å². The predicted octanol–water partition coefficient (Wildman–Crippen LogP) is 4.48. The van der Waals surface area contributed by atoms with E-state index in [9.17, 15) is 13.2 Å². The Labute approximate surface area is 179 Å². The van der Waals surface area contributed by atoms with Crippen LogP contribution in [0.5, 0.6) is 5.75 Å². The second kappa shape index (κ2) is 8.49. The van der Waals surface area contributed by atoms with Gasteiger partial charge in [-0.25, -0.2) is 8.42 Å². The van der Waals surface area contributed by atoms with E-state index in [0.29, 0.717) is 11.4 Å². The Bertz CT molecular complexity index is 987. The first-order valence-corrected chi connectivity index (χ1v) is 11.4. The SMILES string of the molecule is COc1c(Cl)cc(C(=O)N(Cc2ccccc2Cl)C2CCS(=O)(=O)C2)cc1Cl. The molecule has 1 aliphatic heterocycles. The van der Waals surface area contributed by atoms with Gasteiger partial charge in [-0.05, 0) is 30.2 Å². The second-order valence-corrected chi connectivity index (χ2v) is 10.0. The molecule has 1 amide bonds. The molecule has 5 nitrogen and oxygen atoms in total. The number of carbonyl (C=O) groups excluding carboxylic acids is 1. The van der Waals surface area contributed by atoms with Crippen LogP contribution in [-0.2, 0) is 16.4 Å². The Morgan fingerprint density at radius 3 is 2.32 bits per heavy atom. The molecular formula is C19H18Cl3NO4S. The summed E-state index contributed by atoms with van der Waals surface area (Å²) < 4.78 is 29.1. The summed E-state index contributed by atoms with van der Waals surface area (Å²) >= 11 is 18.6. The molecule has 0 radical (unpaired) electrons. The van der Waals surface area contributed by atoms with E-state index in [1.807, 2.05) is 6.07 Å². The van der Waals surface area contributed by atoms with Crippen LogP contribution >= 0.6 is 34.8 Å². The van der Waals surface area contributed by atoms with Crippen molar-refractivity contribution in [3.05, 3.63) is 62.6 Å². The van der Waals surface area contributed by atoms with Crippen LogP contribution in [0.25, 0.3) is 0 Å². The summed E-state index contributed by atoms with van der Waals surface area (Å²) in [7, 11) is -1.75. The van der Waals surface area contributed by atoms with Gasteiger partial charge in [0.05, 0.1) is 28.7 Å². The third-order valence-corrected chi connectivity index (χ3v) is 7.34. The quantitative estimate of drug-likeness (QED) is 0.657. The van der Waals surface area contributed by atoms with E-state index < -0.39 is 15.9 Å². The molecule has 1 aliphatic rings. The minimum Gasteiger partial charge on any atom is -0.494 e. The van der Waals surface area contributed by atoms with Crippen LogP contribution in [0.2, 0.25) is 15.1 Å². The summed E-state index contributed by atoms with van der Waals surface area (Å²) in [4.78, 5) is 14.8. The molecule has 3 rings (SSSR count). The van der Waals surface area contributed by atoms with E-state index >= 15 is 0 Å². The Balaban J connectivity index is 1.99. The summed E-state index contributed by atoms with van der Waals surface area (Å²) in [5.41, 5.74) is 0.986. The van der Waals surface area contributed by atoms with Crippen molar-refractivity contribution in [1.82, 2.24) is 4.90 Å². The first-order valence-electron chi connectivity index (χ1n) is 8.49. The molecule has 0 aromatic heterocycles. The molecule has 1 atom stereocenters. The number of halogens is 3.